The van der Waals surface area contributed by atoms with Gasteiger partial charge >= 0.3 is 0 Å². The number of para-hydroxylation sites is 1. The molecular formula is C16H13ClN2OS. The van der Waals surface area contributed by atoms with Crippen LogP contribution in [-0.4, -0.2) is 11.1 Å². The lowest BCUT2D eigenvalue weighted by Crippen LogP contribution is -2.21. The van der Waals surface area contributed by atoms with Crippen LogP contribution in [0.3, 0.4) is 0 Å². The number of nitrogens with zero attached hydrogens (tertiary/aromatic N) is 1. The van der Waals surface area contributed by atoms with Crippen molar-refractivity contribution < 1.29 is 4.79 Å². The first kappa shape index (κ1) is 14.2. The first-order chi connectivity index (χ1) is 10.1. The van der Waals surface area contributed by atoms with Crippen LogP contribution >= 0.6 is 23.4 Å². The molecule has 1 aliphatic heterocycles. The molecule has 3 rings (SSSR count). The van der Waals surface area contributed by atoms with E-state index < -0.39 is 0 Å². The fourth-order valence-corrected chi connectivity index (χ4v) is 3.43. The second-order valence-corrected chi connectivity index (χ2v) is 6.21. The molecule has 21 heavy (non-hydrogen) atoms. The van der Waals surface area contributed by atoms with Crippen LogP contribution in [0, 0.1) is 6.92 Å². The van der Waals surface area contributed by atoms with E-state index in [0.29, 0.717) is 15.9 Å². The van der Waals surface area contributed by atoms with E-state index in [-0.39, 0.29) is 11.2 Å². The van der Waals surface area contributed by atoms with Gasteiger partial charge in [0.15, 0.2) is 5.17 Å². The third-order valence-corrected chi connectivity index (χ3v) is 4.68. The maximum absolute atomic E-state index is 12.2. The number of carbonyl (C=O) groups is 1. The highest BCUT2D eigenvalue weighted by Crippen LogP contribution is 2.37. The summed E-state index contributed by atoms with van der Waals surface area (Å²) in [6.07, 6.45) is 0. The maximum atomic E-state index is 12.2. The lowest BCUT2D eigenvalue weighted by molar-refractivity contribution is -0.118. The number of nitrogens with one attached hydrogen (secondary N) is 1. The Bertz CT molecular complexity index is 730. The number of aliphatic imine (C=N–C) groups is 1. The molecule has 1 fully saturated rings. The van der Waals surface area contributed by atoms with Crippen molar-refractivity contribution in [3.8, 4) is 0 Å². The van der Waals surface area contributed by atoms with Crippen molar-refractivity contribution in [3.05, 3.63) is 64.7 Å². The molecular weight excluding hydrogens is 304 g/mol. The number of amidine groups is 1. The fourth-order valence-electron chi connectivity index (χ4n) is 2.16. The predicted molar refractivity (Wildman–Crippen MR) is 88.2 cm³/mol. The molecule has 0 spiro atoms. The minimum Gasteiger partial charge on any atom is -0.304 e. The summed E-state index contributed by atoms with van der Waals surface area (Å²) in [4.78, 5) is 16.6. The minimum atomic E-state index is -0.257. The quantitative estimate of drug-likeness (QED) is 0.900. The van der Waals surface area contributed by atoms with E-state index in [0.717, 1.165) is 11.1 Å². The van der Waals surface area contributed by atoms with Crippen LogP contribution in [0.2, 0.25) is 5.02 Å². The third kappa shape index (κ3) is 2.96. The van der Waals surface area contributed by atoms with Crippen molar-refractivity contribution in [1.29, 1.82) is 0 Å². The number of rotatable bonds is 2. The molecule has 1 atom stereocenters. The average Bonchev–Trinajstić information content (AvgIpc) is 2.83. The summed E-state index contributed by atoms with van der Waals surface area (Å²) in [5, 5.41) is 3.72. The molecule has 1 heterocycles. The van der Waals surface area contributed by atoms with Gasteiger partial charge in [0.05, 0.1) is 10.7 Å². The lowest BCUT2D eigenvalue weighted by Gasteiger charge is -2.08. The van der Waals surface area contributed by atoms with Gasteiger partial charge < -0.3 is 5.32 Å². The zero-order chi connectivity index (χ0) is 14.8. The van der Waals surface area contributed by atoms with Crippen molar-refractivity contribution in [3.63, 3.8) is 0 Å². The Kier molecular flexibility index (Phi) is 3.99. The summed E-state index contributed by atoms with van der Waals surface area (Å²) < 4.78 is 0. The van der Waals surface area contributed by atoms with Crippen molar-refractivity contribution in [2.24, 2.45) is 4.99 Å². The predicted octanol–water partition coefficient (Wildman–Crippen LogP) is 4.24. The normalized spacial score (nSPS) is 19.8. The van der Waals surface area contributed by atoms with Crippen LogP contribution in [0.1, 0.15) is 16.4 Å². The van der Waals surface area contributed by atoms with Gasteiger partial charge in [0.2, 0.25) is 5.91 Å². The van der Waals surface area contributed by atoms with E-state index in [2.05, 4.69) is 10.3 Å². The molecule has 1 amide bonds. The fraction of sp³-hybridized carbons (Fsp3) is 0.125. The zero-order valence-electron chi connectivity index (χ0n) is 11.3. The Morgan fingerprint density at radius 2 is 1.86 bits per heavy atom. The van der Waals surface area contributed by atoms with Crippen LogP contribution in [0.25, 0.3) is 0 Å². The Hall–Kier alpha value is -1.78. The summed E-state index contributed by atoms with van der Waals surface area (Å²) in [6.45, 7) is 2.01. The van der Waals surface area contributed by atoms with E-state index in [9.17, 15) is 4.79 Å². The summed E-state index contributed by atoms with van der Waals surface area (Å²) in [7, 11) is 0. The van der Waals surface area contributed by atoms with Crippen molar-refractivity contribution in [2.75, 3.05) is 0 Å². The van der Waals surface area contributed by atoms with Crippen LogP contribution in [-0.2, 0) is 4.79 Å². The second kappa shape index (κ2) is 5.92. The zero-order valence-corrected chi connectivity index (χ0v) is 12.9. The van der Waals surface area contributed by atoms with E-state index in [1.54, 1.807) is 6.07 Å². The van der Waals surface area contributed by atoms with E-state index in [1.807, 2.05) is 49.4 Å². The average molecular weight is 317 g/mol. The van der Waals surface area contributed by atoms with E-state index in [1.165, 1.54) is 11.8 Å². The standard InChI is InChI=1S/C16H13ClN2OS/c1-10-6-2-3-7-11(10)14-15(20)19-16(21-14)18-13-9-5-4-8-12(13)17/h2-9,14H,1H3,(H,18,19,20). The number of carbonyl (C=O) groups excluding carboxylic acids is 1. The summed E-state index contributed by atoms with van der Waals surface area (Å²) >= 11 is 7.51. The minimum absolute atomic E-state index is 0.0416. The summed E-state index contributed by atoms with van der Waals surface area (Å²) in [5.41, 5.74) is 2.78. The molecule has 106 valence electrons. The molecule has 0 saturated carbocycles. The van der Waals surface area contributed by atoms with Crippen LogP contribution in [0.5, 0.6) is 0 Å². The topological polar surface area (TPSA) is 41.5 Å². The lowest BCUT2D eigenvalue weighted by atomic mass is 10.1. The molecule has 0 bridgehead atoms. The number of amides is 1. The van der Waals surface area contributed by atoms with Gasteiger partial charge in [-0.15, -0.1) is 0 Å². The van der Waals surface area contributed by atoms with Crippen LogP contribution in [0.15, 0.2) is 53.5 Å². The maximum Gasteiger partial charge on any atom is 0.244 e. The van der Waals surface area contributed by atoms with Gasteiger partial charge in [0.25, 0.3) is 0 Å². The second-order valence-electron chi connectivity index (χ2n) is 4.71. The molecule has 0 radical (unpaired) electrons. The number of hydrogen-bond donors (Lipinski definition) is 1. The molecule has 1 N–H and O–H groups in total. The summed E-state index contributed by atoms with van der Waals surface area (Å²) in [5.74, 6) is -0.0416. The van der Waals surface area contributed by atoms with Gasteiger partial charge in [0.1, 0.15) is 5.25 Å². The van der Waals surface area contributed by atoms with E-state index >= 15 is 0 Å². The van der Waals surface area contributed by atoms with Gasteiger partial charge in [-0.1, -0.05) is 59.8 Å². The Morgan fingerprint density at radius 1 is 1.14 bits per heavy atom. The Balaban J connectivity index is 1.89. The number of hydrogen-bond acceptors (Lipinski definition) is 3. The number of halogens is 1. The third-order valence-electron chi connectivity index (χ3n) is 3.24. The van der Waals surface area contributed by atoms with Crippen LogP contribution in [0.4, 0.5) is 5.69 Å². The molecule has 2 aromatic rings. The van der Waals surface area contributed by atoms with Crippen molar-refractivity contribution in [1.82, 2.24) is 5.32 Å². The number of benzene rings is 2. The highest BCUT2D eigenvalue weighted by molar-refractivity contribution is 8.15. The van der Waals surface area contributed by atoms with Crippen LogP contribution < -0.4 is 5.32 Å². The monoisotopic (exact) mass is 316 g/mol. The molecule has 1 unspecified atom stereocenters. The van der Waals surface area contributed by atoms with Gasteiger partial charge in [-0.25, -0.2) is 4.99 Å². The van der Waals surface area contributed by atoms with Crippen molar-refractivity contribution in [2.45, 2.75) is 12.2 Å². The van der Waals surface area contributed by atoms with Gasteiger partial charge in [0, 0.05) is 0 Å². The highest BCUT2D eigenvalue weighted by atomic mass is 35.5. The number of thioether (sulfide) groups is 1. The van der Waals surface area contributed by atoms with Gasteiger partial charge in [-0.3, -0.25) is 4.79 Å². The molecule has 2 aromatic carbocycles. The molecule has 1 aliphatic rings. The molecule has 3 nitrogen and oxygen atoms in total. The van der Waals surface area contributed by atoms with Crippen molar-refractivity contribution >= 4 is 40.1 Å². The summed E-state index contributed by atoms with van der Waals surface area (Å²) in [6, 6.07) is 15.2. The molecule has 0 aromatic heterocycles. The molecule has 1 saturated heterocycles. The molecule has 5 heteroatoms. The molecule has 0 aliphatic carbocycles. The van der Waals surface area contributed by atoms with E-state index in [4.69, 9.17) is 11.6 Å². The smallest absolute Gasteiger partial charge is 0.244 e. The SMILES string of the molecule is Cc1ccccc1C1SC(=Nc2ccccc2Cl)NC1=O. The van der Waals surface area contributed by atoms with Gasteiger partial charge in [-0.2, -0.15) is 0 Å². The highest BCUT2D eigenvalue weighted by Gasteiger charge is 2.32. The first-order valence-corrected chi connectivity index (χ1v) is 7.77. The number of aryl methyl sites for hydroxylation is 1. The van der Waals surface area contributed by atoms with Gasteiger partial charge in [-0.05, 0) is 30.2 Å². The first-order valence-electron chi connectivity index (χ1n) is 6.51. The Morgan fingerprint density at radius 3 is 2.62 bits per heavy atom. The largest absolute Gasteiger partial charge is 0.304 e. The Labute approximate surface area is 132 Å².